The van der Waals surface area contributed by atoms with Crippen LogP contribution in [0.3, 0.4) is 0 Å². The lowest BCUT2D eigenvalue weighted by Gasteiger charge is -2.21. The van der Waals surface area contributed by atoms with E-state index in [1.54, 1.807) is 0 Å². The molecular formula is C23H22NO5+. The van der Waals surface area contributed by atoms with Gasteiger partial charge in [0.15, 0.2) is 6.54 Å². The average Bonchev–Trinajstić information content (AvgIpc) is 3.41. The summed E-state index contributed by atoms with van der Waals surface area (Å²) in [5.41, 5.74) is 4.29. The molecule has 1 N–H and O–H groups in total. The molecule has 0 amide bonds. The van der Waals surface area contributed by atoms with E-state index in [-0.39, 0.29) is 30.0 Å². The van der Waals surface area contributed by atoms with E-state index in [1.807, 2.05) is 53.1 Å². The molecule has 2 aromatic carbocycles. The lowest BCUT2D eigenvalue weighted by molar-refractivity contribution is -0.498. The second-order valence-corrected chi connectivity index (χ2v) is 7.50. The first kappa shape index (κ1) is 17.9. The Labute approximate surface area is 168 Å². The van der Waals surface area contributed by atoms with Gasteiger partial charge >= 0.3 is 11.9 Å². The van der Waals surface area contributed by atoms with Crippen molar-refractivity contribution in [3.05, 3.63) is 82.9 Å². The van der Waals surface area contributed by atoms with E-state index < -0.39 is 5.97 Å². The first-order valence-corrected chi connectivity index (χ1v) is 9.63. The van der Waals surface area contributed by atoms with Gasteiger partial charge in [-0.2, -0.15) is 4.58 Å². The average molecular weight is 392 g/mol. The highest BCUT2D eigenvalue weighted by Gasteiger charge is 2.67. The molecule has 4 unspecified atom stereocenters. The Morgan fingerprint density at radius 1 is 0.966 bits per heavy atom. The molecule has 0 aromatic heterocycles. The Bertz CT molecular complexity index is 1040. The van der Waals surface area contributed by atoms with Crippen molar-refractivity contribution in [1.29, 1.82) is 0 Å². The van der Waals surface area contributed by atoms with Crippen molar-refractivity contribution in [2.45, 2.75) is 18.8 Å². The molecule has 1 saturated heterocycles. The van der Waals surface area contributed by atoms with E-state index in [4.69, 9.17) is 14.2 Å². The van der Waals surface area contributed by atoms with Crippen LogP contribution in [0.4, 0.5) is 0 Å². The standard InChI is InChI=1S/C23H21NO5/c1-27-22(25)18-16-17(21-15-11-7-6-10-14(15)20(16)29-21)19(23(26)28-2)24(18)12-13-8-4-3-5-9-13/h3-11,16-17,20-21H,12H2,1-2H3/p+1. The van der Waals surface area contributed by atoms with Gasteiger partial charge in [-0.05, 0) is 11.1 Å². The predicted octanol–water partition coefficient (Wildman–Crippen LogP) is 3.26. The fraction of sp³-hybridized carbons (Fsp3) is 0.304. The minimum atomic E-state index is -0.413. The molecule has 0 saturated carbocycles. The Morgan fingerprint density at radius 3 is 2.21 bits per heavy atom. The third-order valence-corrected chi connectivity index (χ3v) is 6.15. The highest BCUT2D eigenvalue weighted by Crippen LogP contribution is 2.62. The van der Waals surface area contributed by atoms with Crippen LogP contribution in [0, 0.1) is 11.8 Å². The van der Waals surface area contributed by atoms with E-state index in [0.29, 0.717) is 18.0 Å². The molecule has 3 aliphatic rings. The minimum absolute atomic E-state index is 0.191. The fourth-order valence-corrected chi connectivity index (χ4v) is 5.03. The van der Waals surface area contributed by atoms with Crippen LogP contribution >= 0.6 is 0 Å². The van der Waals surface area contributed by atoms with Crippen LogP contribution in [0.2, 0.25) is 0 Å². The third-order valence-electron chi connectivity index (χ3n) is 6.15. The number of carbonyl (C=O) groups excluding carboxylic acids is 1. The van der Waals surface area contributed by atoms with Crippen LogP contribution in [-0.2, 0) is 25.5 Å². The predicted molar refractivity (Wildman–Crippen MR) is 104 cm³/mol. The topological polar surface area (TPSA) is 68.0 Å². The van der Waals surface area contributed by atoms with Crippen LogP contribution < -0.4 is 0 Å². The number of rotatable bonds is 4. The first-order valence-electron chi connectivity index (χ1n) is 9.63. The van der Waals surface area contributed by atoms with E-state index >= 15 is 0 Å². The van der Waals surface area contributed by atoms with E-state index in [1.165, 1.54) is 14.2 Å². The monoisotopic (exact) mass is 392 g/mol. The zero-order chi connectivity index (χ0) is 20.1. The number of fused-ring (bicyclic) bond motifs is 8. The SMILES string of the molecule is COC(=O)C1=[N+](Cc2ccccc2)/C(=C(\O)OC)C2C3OC(c4ccccc43)C12. The van der Waals surface area contributed by atoms with Crippen LogP contribution in [-0.4, -0.2) is 35.6 Å². The smallest absolute Gasteiger partial charge is 0.399 e. The Morgan fingerprint density at radius 2 is 1.59 bits per heavy atom. The molecule has 148 valence electrons. The summed E-state index contributed by atoms with van der Waals surface area (Å²) in [4.78, 5) is 12.9. The number of hydrogen-bond acceptors (Lipinski definition) is 5. The number of ether oxygens (including phenoxy) is 3. The Kier molecular flexibility index (Phi) is 4.17. The number of esters is 1. The Hall–Kier alpha value is -3.12. The van der Waals surface area contributed by atoms with Crippen molar-refractivity contribution >= 4 is 11.7 Å². The molecule has 2 aromatic rings. The highest BCUT2D eigenvalue weighted by molar-refractivity contribution is 6.36. The van der Waals surface area contributed by atoms with Gasteiger partial charge in [0.2, 0.25) is 0 Å². The van der Waals surface area contributed by atoms with Gasteiger partial charge in [0.1, 0.15) is 0 Å². The van der Waals surface area contributed by atoms with Gasteiger partial charge < -0.3 is 19.3 Å². The summed E-state index contributed by atoms with van der Waals surface area (Å²) in [5, 5.41) is 10.7. The summed E-state index contributed by atoms with van der Waals surface area (Å²) in [6.45, 7) is 0.427. The molecule has 3 heterocycles. The van der Waals surface area contributed by atoms with E-state index in [2.05, 4.69) is 6.07 Å². The van der Waals surface area contributed by atoms with Gasteiger partial charge in [-0.3, -0.25) is 0 Å². The zero-order valence-corrected chi connectivity index (χ0v) is 16.2. The molecule has 29 heavy (non-hydrogen) atoms. The fourth-order valence-electron chi connectivity index (χ4n) is 5.03. The summed E-state index contributed by atoms with van der Waals surface area (Å²) in [6, 6.07) is 17.9. The molecule has 0 spiro atoms. The van der Waals surface area contributed by atoms with Gasteiger partial charge in [-0.1, -0.05) is 54.6 Å². The van der Waals surface area contributed by atoms with Gasteiger partial charge in [0.25, 0.3) is 11.4 Å². The van der Waals surface area contributed by atoms with Crippen molar-refractivity contribution in [3.8, 4) is 0 Å². The molecule has 4 atom stereocenters. The zero-order valence-electron chi connectivity index (χ0n) is 16.2. The largest absolute Gasteiger partial charge is 0.476 e. The van der Waals surface area contributed by atoms with Crippen molar-refractivity contribution < 1.29 is 28.7 Å². The number of aliphatic hydroxyl groups is 1. The molecular weight excluding hydrogens is 370 g/mol. The van der Waals surface area contributed by atoms with Crippen LogP contribution in [0.5, 0.6) is 0 Å². The summed E-state index contributed by atoms with van der Waals surface area (Å²) in [6.07, 6.45) is -0.496. The number of benzene rings is 2. The minimum Gasteiger partial charge on any atom is -0.476 e. The third kappa shape index (κ3) is 2.52. The maximum atomic E-state index is 12.9. The Balaban J connectivity index is 1.71. The number of carbonyl (C=O) groups is 1. The molecule has 2 bridgehead atoms. The summed E-state index contributed by atoms with van der Waals surface area (Å²) < 4.78 is 18.5. The second kappa shape index (κ2) is 6.74. The second-order valence-electron chi connectivity index (χ2n) is 7.50. The number of nitrogens with zero attached hydrogens (tertiary/aromatic N) is 1. The van der Waals surface area contributed by atoms with Crippen LogP contribution in [0.25, 0.3) is 0 Å². The lowest BCUT2D eigenvalue weighted by Crippen LogP contribution is -2.32. The molecule has 1 fully saturated rings. The molecule has 0 aliphatic carbocycles. The number of hydrogen-bond donors (Lipinski definition) is 1. The molecule has 3 aliphatic heterocycles. The van der Waals surface area contributed by atoms with Gasteiger partial charge in [0, 0.05) is 5.56 Å². The number of methoxy groups -OCH3 is 2. The van der Waals surface area contributed by atoms with Gasteiger partial charge in [-0.25, -0.2) is 4.79 Å². The van der Waals surface area contributed by atoms with Crippen molar-refractivity contribution in [3.63, 3.8) is 0 Å². The quantitative estimate of drug-likeness (QED) is 0.491. The van der Waals surface area contributed by atoms with E-state index in [9.17, 15) is 9.90 Å². The maximum absolute atomic E-state index is 12.9. The summed E-state index contributed by atoms with van der Waals surface area (Å²) in [7, 11) is 2.81. The molecule has 6 heteroatoms. The lowest BCUT2D eigenvalue weighted by atomic mass is 9.74. The highest BCUT2D eigenvalue weighted by atomic mass is 16.6. The molecule has 5 rings (SSSR count). The molecule has 6 nitrogen and oxygen atoms in total. The normalized spacial score (nSPS) is 28.2. The van der Waals surface area contributed by atoms with Crippen LogP contribution in [0.15, 0.2) is 66.2 Å². The van der Waals surface area contributed by atoms with E-state index in [0.717, 1.165) is 16.7 Å². The van der Waals surface area contributed by atoms with Crippen LogP contribution in [0.1, 0.15) is 28.9 Å². The van der Waals surface area contributed by atoms with Crippen molar-refractivity contribution in [2.24, 2.45) is 11.8 Å². The van der Waals surface area contributed by atoms with Gasteiger partial charge in [-0.15, -0.1) is 0 Å². The molecule has 0 radical (unpaired) electrons. The van der Waals surface area contributed by atoms with Crippen molar-refractivity contribution in [2.75, 3.05) is 14.2 Å². The first-order chi connectivity index (χ1) is 14.2. The van der Waals surface area contributed by atoms with Gasteiger partial charge in [0.05, 0.1) is 38.3 Å². The summed E-state index contributed by atoms with van der Waals surface area (Å²) in [5.74, 6) is -1.06. The maximum Gasteiger partial charge on any atom is 0.399 e. The van der Waals surface area contributed by atoms with Crippen molar-refractivity contribution in [1.82, 2.24) is 0 Å². The number of aliphatic hydroxyl groups excluding tert-OH is 1. The summed E-state index contributed by atoms with van der Waals surface area (Å²) >= 11 is 0.